The molecule has 3 rings (SSSR count). The van der Waals surface area contributed by atoms with Gasteiger partial charge in [0.1, 0.15) is 0 Å². The molecule has 1 aliphatic rings. The molecular weight excluding hydrogens is 388 g/mol. The van der Waals surface area contributed by atoms with Gasteiger partial charge in [-0.1, -0.05) is 25.1 Å². The van der Waals surface area contributed by atoms with Crippen molar-refractivity contribution in [3.63, 3.8) is 0 Å². The summed E-state index contributed by atoms with van der Waals surface area (Å²) in [6.07, 6.45) is 0. The lowest BCUT2D eigenvalue weighted by atomic mass is 10.2. The summed E-state index contributed by atoms with van der Waals surface area (Å²) in [5.41, 5.74) is 0.682. The lowest BCUT2D eigenvalue weighted by Crippen LogP contribution is -2.31. The molecule has 2 aromatic carbocycles. The van der Waals surface area contributed by atoms with Gasteiger partial charge in [0, 0.05) is 6.54 Å². The van der Waals surface area contributed by atoms with Crippen molar-refractivity contribution in [1.82, 2.24) is 0 Å². The molecule has 27 heavy (non-hydrogen) atoms. The van der Waals surface area contributed by atoms with E-state index >= 15 is 0 Å². The number of benzene rings is 2. The third-order valence-corrected chi connectivity index (χ3v) is 8.14. The molecule has 2 aromatic rings. The molecule has 1 saturated heterocycles. The fourth-order valence-electron chi connectivity index (χ4n) is 3.05. The predicted molar refractivity (Wildman–Crippen MR) is 104 cm³/mol. The minimum atomic E-state index is -3.82. The quantitative estimate of drug-likeness (QED) is 0.756. The van der Waals surface area contributed by atoms with Crippen LogP contribution in [0.25, 0.3) is 0 Å². The molecule has 0 radical (unpaired) electrons. The third-order valence-electron chi connectivity index (χ3n) is 4.35. The minimum absolute atomic E-state index is 0.0223. The number of sulfonamides is 2. The number of carbonyl (C=O) groups excluding carboxylic acids is 1. The molecular formula is C18H20N2O5S2. The Kier molecular flexibility index (Phi) is 5.00. The number of nitrogens with zero attached hydrogens (tertiary/aromatic N) is 2. The van der Waals surface area contributed by atoms with Crippen molar-refractivity contribution >= 4 is 37.3 Å². The van der Waals surface area contributed by atoms with Crippen LogP contribution in [-0.4, -0.2) is 35.0 Å². The second kappa shape index (κ2) is 6.97. The van der Waals surface area contributed by atoms with Gasteiger partial charge in [-0.3, -0.25) is 9.10 Å². The third kappa shape index (κ3) is 3.44. The first kappa shape index (κ1) is 19.4. The van der Waals surface area contributed by atoms with Crippen molar-refractivity contribution in [2.24, 2.45) is 5.92 Å². The molecule has 0 unspecified atom stereocenters. The molecule has 0 N–H and O–H groups in total. The number of hydrogen-bond donors (Lipinski definition) is 0. The van der Waals surface area contributed by atoms with Crippen LogP contribution in [0.15, 0.2) is 59.5 Å². The first-order valence-electron chi connectivity index (χ1n) is 8.43. The van der Waals surface area contributed by atoms with Gasteiger partial charge in [-0.05, 0) is 43.3 Å². The second-order valence-corrected chi connectivity index (χ2v) is 10.0. The molecule has 1 fully saturated rings. The van der Waals surface area contributed by atoms with E-state index in [9.17, 15) is 21.6 Å². The smallest absolute Gasteiger partial charge is 0.264 e. The standard InChI is InChI=1S/C18H20N2O5S2/c1-3-19(15-7-5-4-6-8-15)27(24,25)17-11-9-16(10-12-17)20-18(21)14(2)13-26(20,22)23/h4-12,14H,3,13H2,1-2H3/t14-/m0/s1. The van der Waals surface area contributed by atoms with Gasteiger partial charge in [0.2, 0.25) is 15.9 Å². The summed E-state index contributed by atoms with van der Waals surface area (Å²) in [6.45, 7) is 3.53. The van der Waals surface area contributed by atoms with Gasteiger partial charge in [0.05, 0.1) is 27.9 Å². The lowest BCUT2D eigenvalue weighted by molar-refractivity contribution is -0.119. The Hall–Kier alpha value is -2.39. The van der Waals surface area contributed by atoms with Crippen LogP contribution in [0.2, 0.25) is 0 Å². The Labute approximate surface area is 159 Å². The van der Waals surface area contributed by atoms with E-state index in [0.717, 1.165) is 4.31 Å². The van der Waals surface area contributed by atoms with Crippen molar-refractivity contribution in [3.05, 3.63) is 54.6 Å². The largest absolute Gasteiger partial charge is 0.273 e. The van der Waals surface area contributed by atoms with E-state index in [4.69, 9.17) is 0 Å². The average molecular weight is 409 g/mol. The number of hydrogen-bond acceptors (Lipinski definition) is 5. The number of carbonyl (C=O) groups is 1. The monoisotopic (exact) mass is 408 g/mol. The van der Waals surface area contributed by atoms with E-state index in [1.165, 1.54) is 28.6 Å². The number of amides is 1. The van der Waals surface area contributed by atoms with Crippen LogP contribution in [0.4, 0.5) is 11.4 Å². The van der Waals surface area contributed by atoms with E-state index in [0.29, 0.717) is 5.69 Å². The number of para-hydroxylation sites is 1. The van der Waals surface area contributed by atoms with E-state index in [1.54, 1.807) is 44.2 Å². The molecule has 144 valence electrons. The highest BCUT2D eigenvalue weighted by Crippen LogP contribution is 2.30. The molecule has 7 nitrogen and oxygen atoms in total. The fraction of sp³-hybridized carbons (Fsp3) is 0.278. The maximum Gasteiger partial charge on any atom is 0.264 e. The van der Waals surface area contributed by atoms with Gasteiger partial charge in [0.15, 0.2) is 0 Å². The minimum Gasteiger partial charge on any atom is -0.273 e. The van der Waals surface area contributed by atoms with Gasteiger partial charge in [-0.15, -0.1) is 0 Å². The number of anilines is 2. The Morgan fingerprint density at radius 1 is 1.07 bits per heavy atom. The van der Waals surface area contributed by atoms with Crippen LogP contribution in [0.5, 0.6) is 0 Å². The maximum absolute atomic E-state index is 13.0. The zero-order valence-corrected chi connectivity index (χ0v) is 16.6. The van der Waals surface area contributed by atoms with E-state index in [-0.39, 0.29) is 22.9 Å². The molecule has 0 aliphatic carbocycles. The van der Waals surface area contributed by atoms with Gasteiger partial charge in [-0.25, -0.2) is 21.1 Å². The van der Waals surface area contributed by atoms with E-state index in [2.05, 4.69) is 0 Å². The van der Waals surface area contributed by atoms with Gasteiger partial charge in [0.25, 0.3) is 10.0 Å². The Morgan fingerprint density at radius 3 is 2.15 bits per heavy atom. The first-order valence-corrected chi connectivity index (χ1v) is 11.5. The Bertz CT molecular complexity index is 1050. The Morgan fingerprint density at radius 2 is 1.67 bits per heavy atom. The summed E-state index contributed by atoms with van der Waals surface area (Å²) in [5.74, 6) is -1.37. The first-order chi connectivity index (χ1) is 12.7. The summed E-state index contributed by atoms with van der Waals surface area (Å²) < 4.78 is 52.3. The van der Waals surface area contributed by atoms with Crippen LogP contribution in [-0.2, 0) is 24.8 Å². The molecule has 9 heteroatoms. The van der Waals surface area contributed by atoms with E-state index in [1.807, 2.05) is 0 Å². The predicted octanol–water partition coefficient (Wildman–Crippen LogP) is 2.21. The highest BCUT2D eigenvalue weighted by Gasteiger charge is 2.42. The molecule has 1 heterocycles. The average Bonchev–Trinajstić information content (AvgIpc) is 2.83. The summed E-state index contributed by atoms with van der Waals surface area (Å²) in [5, 5.41) is 0. The molecule has 0 saturated carbocycles. The van der Waals surface area contributed by atoms with Crippen molar-refractivity contribution in [1.29, 1.82) is 0 Å². The zero-order valence-electron chi connectivity index (χ0n) is 14.9. The van der Waals surface area contributed by atoms with Crippen molar-refractivity contribution in [2.45, 2.75) is 18.7 Å². The summed E-state index contributed by atoms with van der Waals surface area (Å²) in [7, 11) is -7.54. The van der Waals surface area contributed by atoms with Crippen molar-refractivity contribution in [2.75, 3.05) is 20.9 Å². The summed E-state index contributed by atoms with van der Waals surface area (Å²) in [4.78, 5) is 12.2. The highest BCUT2D eigenvalue weighted by molar-refractivity contribution is 7.94. The van der Waals surface area contributed by atoms with Gasteiger partial charge in [-0.2, -0.15) is 0 Å². The van der Waals surface area contributed by atoms with E-state index < -0.39 is 31.9 Å². The Balaban J connectivity index is 1.96. The molecule has 0 spiro atoms. The summed E-state index contributed by atoms with van der Waals surface area (Å²) in [6, 6.07) is 14.0. The van der Waals surface area contributed by atoms with Crippen LogP contribution in [0.3, 0.4) is 0 Å². The molecule has 0 aromatic heterocycles. The fourth-order valence-corrected chi connectivity index (χ4v) is 6.35. The molecule has 1 aliphatic heterocycles. The van der Waals surface area contributed by atoms with Gasteiger partial charge >= 0.3 is 0 Å². The van der Waals surface area contributed by atoms with Crippen LogP contribution in [0.1, 0.15) is 13.8 Å². The maximum atomic E-state index is 13.0. The summed E-state index contributed by atoms with van der Waals surface area (Å²) >= 11 is 0. The zero-order chi connectivity index (χ0) is 19.8. The van der Waals surface area contributed by atoms with Crippen molar-refractivity contribution < 1.29 is 21.6 Å². The van der Waals surface area contributed by atoms with Crippen LogP contribution >= 0.6 is 0 Å². The number of rotatable bonds is 5. The second-order valence-electron chi connectivity index (χ2n) is 6.28. The van der Waals surface area contributed by atoms with Crippen LogP contribution < -0.4 is 8.61 Å². The normalized spacial score (nSPS) is 19.3. The molecule has 1 amide bonds. The SMILES string of the molecule is CCN(c1ccccc1)S(=O)(=O)c1ccc(N2C(=O)[C@@H](C)CS2(=O)=O)cc1. The van der Waals surface area contributed by atoms with Crippen LogP contribution in [0, 0.1) is 5.92 Å². The highest BCUT2D eigenvalue weighted by atomic mass is 32.2. The molecule has 1 atom stereocenters. The molecule has 0 bridgehead atoms. The topological polar surface area (TPSA) is 91.8 Å². The van der Waals surface area contributed by atoms with Crippen molar-refractivity contribution in [3.8, 4) is 0 Å². The lowest BCUT2D eigenvalue weighted by Gasteiger charge is -2.23. The van der Waals surface area contributed by atoms with Gasteiger partial charge < -0.3 is 0 Å².